The van der Waals surface area contributed by atoms with Crippen LogP contribution in [0, 0.1) is 15.2 Å². The molecule has 2 aromatic rings. The Morgan fingerprint density at radius 1 is 1.08 bits per heavy atom. The summed E-state index contributed by atoms with van der Waals surface area (Å²) in [5.74, 6) is -7.09. The Hall–Kier alpha value is -0.680. The van der Waals surface area contributed by atoms with Crippen molar-refractivity contribution in [3.05, 3.63) is 66.1 Å². The van der Waals surface area contributed by atoms with E-state index in [0.29, 0.717) is 8.04 Å². The first kappa shape index (κ1) is 22.4. The van der Waals surface area contributed by atoms with Crippen molar-refractivity contribution in [1.29, 1.82) is 0 Å². The van der Waals surface area contributed by atoms with Crippen LogP contribution in [-0.4, -0.2) is 12.6 Å². The van der Waals surface area contributed by atoms with Gasteiger partial charge in [0.25, 0.3) is 0 Å². The summed E-state index contributed by atoms with van der Waals surface area (Å²) in [6.07, 6.45) is 0. The van der Waals surface area contributed by atoms with Crippen LogP contribution in [0.15, 0.2) is 45.3 Å². The fourth-order valence-corrected chi connectivity index (χ4v) is 3.16. The van der Waals surface area contributed by atoms with Crippen molar-refractivity contribution >= 4 is 60.4 Å². The van der Waals surface area contributed by atoms with Crippen LogP contribution in [0.1, 0.15) is 12.5 Å². The molecule has 0 N–H and O–H groups in total. The average molecular weight is 598 g/mol. The number of alkyl halides is 2. The van der Waals surface area contributed by atoms with Gasteiger partial charge in [0.1, 0.15) is 5.82 Å². The van der Waals surface area contributed by atoms with Gasteiger partial charge < -0.3 is 4.74 Å². The van der Waals surface area contributed by atoms with E-state index in [-0.39, 0.29) is 16.9 Å². The van der Waals surface area contributed by atoms with Gasteiger partial charge in [-0.05, 0) is 85.6 Å². The molecule has 0 aliphatic carbocycles. The first-order valence-electron chi connectivity index (χ1n) is 6.71. The molecule has 0 aliphatic rings. The number of carbonyl (C=O) groups excluding carboxylic acids is 1. The quantitative estimate of drug-likeness (QED) is 0.176. The molecule has 0 radical (unpaired) electrons. The van der Waals surface area contributed by atoms with E-state index >= 15 is 0 Å². The summed E-state index contributed by atoms with van der Waals surface area (Å²) in [6.45, 7) is 1.20. The second-order valence-corrected chi connectivity index (χ2v) is 7.30. The summed E-state index contributed by atoms with van der Waals surface area (Å²) in [6, 6.07) is 8.53. The molecule has 2 rings (SSSR count). The van der Waals surface area contributed by atoms with Crippen molar-refractivity contribution in [2.45, 2.75) is 12.8 Å². The molecule has 9 heteroatoms. The number of halogens is 7. The summed E-state index contributed by atoms with van der Waals surface area (Å²) < 4.78 is 58.1. The Morgan fingerprint density at radius 2 is 1.60 bits per heavy atom. The topological polar surface area (TPSA) is 26.3 Å². The van der Waals surface area contributed by atoms with Gasteiger partial charge >= 0.3 is 11.9 Å². The highest BCUT2D eigenvalue weighted by Crippen LogP contribution is 2.33. The first-order valence-corrected chi connectivity index (χ1v) is 9.38. The molecular formula is C16H11Br2F4IO2. The fraction of sp³-hybridized carbons (Fsp3) is 0.188. The molecule has 25 heavy (non-hydrogen) atoms. The van der Waals surface area contributed by atoms with Crippen LogP contribution in [0.5, 0.6) is 0 Å². The van der Waals surface area contributed by atoms with Gasteiger partial charge in [0.05, 0.1) is 21.1 Å². The molecule has 0 saturated carbocycles. The Labute approximate surface area is 172 Å². The SMILES string of the molecule is CCOC(=O)C(F)(F)c1cccc(Br)c1F.Fc1c(Br)cccc1I. The Kier molecular flexibility index (Phi) is 8.82. The molecule has 136 valence electrons. The number of ether oxygens (including phenoxy) is 1. The second-order valence-electron chi connectivity index (χ2n) is 4.43. The number of benzene rings is 2. The van der Waals surface area contributed by atoms with Crippen molar-refractivity contribution in [2.75, 3.05) is 6.61 Å². The molecule has 0 bridgehead atoms. The lowest BCUT2D eigenvalue weighted by Gasteiger charge is -2.15. The largest absolute Gasteiger partial charge is 0.461 e. The molecule has 0 amide bonds. The van der Waals surface area contributed by atoms with Gasteiger partial charge in [-0.15, -0.1) is 0 Å². The standard InChI is InChI=1S/C10H8BrF3O2.C6H3BrFI/c1-2-16-9(15)10(13,14)6-4-3-5-7(11)8(6)12;7-4-2-1-3-5(9)6(4)8/h3-5H,2H2,1H3;1-3H. The molecule has 0 spiro atoms. The molecule has 0 aromatic heterocycles. The van der Waals surface area contributed by atoms with Crippen molar-refractivity contribution in [3.63, 3.8) is 0 Å². The fourth-order valence-electron chi connectivity index (χ4n) is 1.56. The van der Waals surface area contributed by atoms with Gasteiger partial charge in [0.2, 0.25) is 0 Å². The summed E-state index contributed by atoms with van der Waals surface area (Å²) in [4.78, 5) is 11.0. The van der Waals surface area contributed by atoms with Crippen LogP contribution >= 0.6 is 54.5 Å². The third-order valence-corrected chi connectivity index (χ3v) is 4.78. The van der Waals surface area contributed by atoms with E-state index in [1.165, 1.54) is 19.1 Å². The predicted octanol–water partition coefficient (Wildman–Crippen LogP) is 6.44. The lowest BCUT2D eigenvalue weighted by molar-refractivity contribution is -0.173. The van der Waals surface area contributed by atoms with E-state index in [9.17, 15) is 22.4 Å². The van der Waals surface area contributed by atoms with E-state index < -0.39 is 23.3 Å². The number of hydrogen-bond acceptors (Lipinski definition) is 2. The number of esters is 1. The minimum Gasteiger partial charge on any atom is -0.461 e. The maximum atomic E-state index is 13.4. The molecule has 0 aliphatic heterocycles. The van der Waals surface area contributed by atoms with Gasteiger partial charge in [0.15, 0.2) is 5.82 Å². The minimum absolute atomic E-state index is 0.131. The highest BCUT2D eigenvalue weighted by molar-refractivity contribution is 14.1. The number of hydrogen-bond donors (Lipinski definition) is 0. The van der Waals surface area contributed by atoms with E-state index in [4.69, 9.17) is 0 Å². The minimum atomic E-state index is -3.98. The number of rotatable bonds is 3. The molecule has 0 heterocycles. The van der Waals surface area contributed by atoms with Crippen LogP contribution in [-0.2, 0) is 15.5 Å². The van der Waals surface area contributed by atoms with E-state index in [0.717, 1.165) is 6.07 Å². The maximum absolute atomic E-state index is 13.4. The third-order valence-electron chi connectivity index (χ3n) is 2.73. The van der Waals surface area contributed by atoms with E-state index in [2.05, 4.69) is 36.6 Å². The van der Waals surface area contributed by atoms with Crippen LogP contribution in [0.25, 0.3) is 0 Å². The number of carbonyl (C=O) groups is 1. The van der Waals surface area contributed by atoms with Crippen molar-refractivity contribution in [3.8, 4) is 0 Å². The third kappa shape index (κ3) is 5.92. The van der Waals surface area contributed by atoms with E-state index in [1.54, 1.807) is 18.2 Å². The van der Waals surface area contributed by atoms with Crippen molar-refractivity contribution < 1.29 is 27.1 Å². The van der Waals surface area contributed by atoms with Crippen LogP contribution in [0.3, 0.4) is 0 Å². The van der Waals surface area contributed by atoms with Gasteiger partial charge in [-0.1, -0.05) is 12.1 Å². The highest BCUT2D eigenvalue weighted by Gasteiger charge is 2.45. The molecule has 0 saturated heterocycles. The van der Waals surface area contributed by atoms with Crippen molar-refractivity contribution in [1.82, 2.24) is 0 Å². The zero-order valence-corrected chi connectivity index (χ0v) is 18.0. The molecule has 0 unspecified atom stereocenters. The lowest BCUT2D eigenvalue weighted by atomic mass is 10.1. The van der Waals surface area contributed by atoms with Gasteiger partial charge in [-0.2, -0.15) is 8.78 Å². The lowest BCUT2D eigenvalue weighted by Crippen LogP contribution is -2.29. The van der Waals surface area contributed by atoms with Crippen LogP contribution in [0.4, 0.5) is 17.6 Å². The van der Waals surface area contributed by atoms with Crippen LogP contribution in [0.2, 0.25) is 0 Å². The Morgan fingerprint density at radius 3 is 2.08 bits per heavy atom. The maximum Gasteiger partial charge on any atom is 0.382 e. The van der Waals surface area contributed by atoms with Crippen molar-refractivity contribution in [2.24, 2.45) is 0 Å². The molecule has 2 nitrogen and oxygen atoms in total. The first-order chi connectivity index (χ1) is 11.6. The van der Waals surface area contributed by atoms with Gasteiger partial charge in [0, 0.05) is 3.57 Å². The molecule has 0 fully saturated rings. The molecule has 2 aromatic carbocycles. The average Bonchev–Trinajstić information content (AvgIpc) is 2.55. The zero-order chi connectivity index (χ0) is 19.2. The summed E-state index contributed by atoms with van der Waals surface area (Å²) in [5.41, 5.74) is -1.000. The smallest absolute Gasteiger partial charge is 0.382 e. The Balaban J connectivity index is 0.000000293. The highest BCUT2D eigenvalue weighted by atomic mass is 127. The van der Waals surface area contributed by atoms with Gasteiger partial charge in [-0.25, -0.2) is 13.6 Å². The summed E-state index contributed by atoms with van der Waals surface area (Å²) in [7, 11) is 0. The molecule has 0 atom stereocenters. The second kappa shape index (κ2) is 9.86. The molecular weight excluding hydrogens is 587 g/mol. The summed E-state index contributed by atoms with van der Waals surface area (Å²) in [5, 5.41) is 0. The van der Waals surface area contributed by atoms with Crippen LogP contribution < -0.4 is 0 Å². The predicted molar refractivity (Wildman–Crippen MR) is 101 cm³/mol. The van der Waals surface area contributed by atoms with E-state index in [1.807, 2.05) is 22.6 Å². The summed E-state index contributed by atoms with van der Waals surface area (Å²) >= 11 is 7.78. The normalized spacial score (nSPS) is 10.7. The van der Waals surface area contributed by atoms with Gasteiger partial charge in [-0.3, -0.25) is 0 Å². The zero-order valence-electron chi connectivity index (χ0n) is 12.6. The monoisotopic (exact) mass is 596 g/mol. The Bertz CT molecular complexity index is 737.